The molecule has 40 heavy (non-hydrogen) atoms. The molecular formula is C37H26N2S. The number of anilines is 2. The lowest BCUT2D eigenvalue weighted by molar-refractivity contribution is 0.891. The summed E-state index contributed by atoms with van der Waals surface area (Å²) in [5.41, 5.74) is 11.9. The van der Waals surface area contributed by atoms with Gasteiger partial charge in [-0.3, -0.25) is 0 Å². The predicted molar refractivity (Wildman–Crippen MR) is 167 cm³/mol. The number of hydrogen-bond acceptors (Lipinski definition) is 2. The summed E-state index contributed by atoms with van der Waals surface area (Å²) in [5, 5.41) is 4.34. The number of nitrogens with zero attached hydrogens (tertiary/aromatic N) is 2. The molecular weight excluding hydrogens is 504 g/mol. The maximum Gasteiger partial charge on any atom is 0.0750 e. The van der Waals surface area contributed by atoms with Gasteiger partial charge in [-0.25, -0.2) is 0 Å². The van der Waals surface area contributed by atoms with E-state index in [1.807, 2.05) is 11.8 Å². The first-order chi connectivity index (χ1) is 19.8. The topological polar surface area (TPSA) is 8.17 Å². The summed E-state index contributed by atoms with van der Waals surface area (Å²) in [6, 6.07) is 47.0. The fraction of sp³-hybridized carbons (Fsp3) is 0.0811. The van der Waals surface area contributed by atoms with Crippen LogP contribution in [0.3, 0.4) is 0 Å². The number of para-hydroxylation sites is 3. The molecule has 9 rings (SSSR count). The van der Waals surface area contributed by atoms with Crippen LogP contribution in [-0.4, -0.2) is 9.82 Å². The average Bonchev–Trinajstić information content (AvgIpc) is 3.66. The number of rotatable bonds is 2. The van der Waals surface area contributed by atoms with E-state index in [2.05, 4.69) is 144 Å². The lowest BCUT2D eigenvalue weighted by Crippen LogP contribution is -2.43. The van der Waals surface area contributed by atoms with E-state index in [4.69, 9.17) is 0 Å². The molecule has 0 saturated carbocycles. The SMILES string of the molecule is Cc1ccc(-n2c3c(c4ccccc42)=C2c4ccccc4SC2C2C=3N(c3ccccc3)c3ccccc32)cc1. The summed E-state index contributed by atoms with van der Waals surface area (Å²) in [6.07, 6.45) is 0. The van der Waals surface area contributed by atoms with Crippen LogP contribution in [0.25, 0.3) is 27.9 Å². The van der Waals surface area contributed by atoms with Crippen LogP contribution < -0.4 is 15.5 Å². The van der Waals surface area contributed by atoms with E-state index < -0.39 is 0 Å². The van der Waals surface area contributed by atoms with Crippen molar-refractivity contribution in [1.29, 1.82) is 0 Å². The number of benzene rings is 5. The van der Waals surface area contributed by atoms with Crippen molar-refractivity contribution in [1.82, 2.24) is 4.57 Å². The molecule has 3 heteroatoms. The van der Waals surface area contributed by atoms with E-state index in [0.29, 0.717) is 5.25 Å². The summed E-state index contributed by atoms with van der Waals surface area (Å²) >= 11 is 2.04. The minimum atomic E-state index is 0.241. The van der Waals surface area contributed by atoms with E-state index in [9.17, 15) is 0 Å². The molecule has 0 spiro atoms. The normalized spacial score (nSPS) is 18.4. The Morgan fingerprint density at radius 1 is 0.650 bits per heavy atom. The largest absolute Gasteiger partial charge is 0.311 e. The number of aryl methyl sites for hydroxylation is 1. The Hall–Kier alpha value is -4.47. The predicted octanol–water partition coefficient (Wildman–Crippen LogP) is 7.67. The van der Waals surface area contributed by atoms with Crippen LogP contribution in [0.15, 0.2) is 132 Å². The first-order valence-electron chi connectivity index (χ1n) is 13.9. The molecule has 2 nitrogen and oxygen atoms in total. The minimum Gasteiger partial charge on any atom is -0.311 e. The van der Waals surface area contributed by atoms with Crippen molar-refractivity contribution in [2.24, 2.45) is 0 Å². The van der Waals surface area contributed by atoms with Crippen molar-refractivity contribution in [3.8, 4) is 5.69 Å². The highest BCUT2D eigenvalue weighted by Gasteiger charge is 2.48. The van der Waals surface area contributed by atoms with Gasteiger partial charge in [-0.15, -0.1) is 11.8 Å². The second-order valence-corrected chi connectivity index (χ2v) is 12.1. The van der Waals surface area contributed by atoms with Gasteiger partial charge < -0.3 is 9.47 Å². The molecule has 0 amide bonds. The average molecular weight is 531 g/mol. The highest BCUT2D eigenvalue weighted by Crippen LogP contribution is 2.59. The van der Waals surface area contributed by atoms with Gasteiger partial charge in [0, 0.05) is 43.7 Å². The molecule has 3 aliphatic rings. The van der Waals surface area contributed by atoms with Crippen LogP contribution in [0.5, 0.6) is 0 Å². The number of hydrogen-bond donors (Lipinski definition) is 0. The molecule has 0 fully saturated rings. The van der Waals surface area contributed by atoms with Crippen LogP contribution >= 0.6 is 11.8 Å². The maximum atomic E-state index is 2.54. The first-order valence-corrected chi connectivity index (χ1v) is 14.8. The quantitative estimate of drug-likeness (QED) is 0.227. The lowest BCUT2D eigenvalue weighted by atomic mass is 9.83. The fourth-order valence-electron chi connectivity index (χ4n) is 7.15. The number of thioether (sulfide) groups is 1. The van der Waals surface area contributed by atoms with Gasteiger partial charge in [0.1, 0.15) is 0 Å². The second kappa shape index (κ2) is 8.27. The van der Waals surface area contributed by atoms with Crippen LogP contribution in [0, 0.1) is 6.92 Å². The smallest absolute Gasteiger partial charge is 0.0750 e. The third-order valence-electron chi connectivity index (χ3n) is 8.76. The van der Waals surface area contributed by atoms with Crippen LogP contribution in [-0.2, 0) is 0 Å². The second-order valence-electron chi connectivity index (χ2n) is 11.0. The summed E-state index contributed by atoms with van der Waals surface area (Å²) in [4.78, 5) is 3.93. The molecule has 0 N–H and O–H groups in total. The van der Waals surface area contributed by atoms with Crippen molar-refractivity contribution >= 4 is 45.3 Å². The zero-order valence-corrected chi connectivity index (χ0v) is 22.9. The highest BCUT2D eigenvalue weighted by molar-refractivity contribution is 8.01. The molecule has 2 aliphatic heterocycles. The van der Waals surface area contributed by atoms with E-state index in [-0.39, 0.29) is 5.92 Å². The Balaban J connectivity index is 1.55. The van der Waals surface area contributed by atoms with E-state index in [1.54, 1.807) is 0 Å². The van der Waals surface area contributed by atoms with Crippen molar-refractivity contribution in [2.45, 2.75) is 23.0 Å². The van der Waals surface area contributed by atoms with Gasteiger partial charge >= 0.3 is 0 Å². The van der Waals surface area contributed by atoms with Crippen molar-refractivity contribution in [2.75, 3.05) is 4.90 Å². The van der Waals surface area contributed by atoms with Crippen molar-refractivity contribution in [3.63, 3.8) is 0 Å². The Bertz CT molecular complexity index is 2100. The molecule has 1 aliphatic carbocycles. The molecule has 5 aromatic carbocycles. The monoisotopic (exact) mass is 530 g/mol. The zero-order valence-electron chi connectivity index (χ0n) is 22.1. The van der Waals surface area contributed by atoms with Gasteiger partial charge in [-0.1, -0.05) is 90.5 Å². The van der Waals surface area contributed by atoms with Crippen molar-refractivity contribution < 1.29 is 0 Å². The molecule has 0 radical (unpaired) electrons. The molecule has 190 valence electrons. The van der Waals surface area contributed by atoms with Gasteiger partial charge in [-0.05, 0) is 66.1 Å². The van der Waals surface area contributed by atoms with Gasteiger partial charge in [0.2, 0.25) is 0 Å². The fourth-order valence-corrected chi connectivity index (χ4v) is 8.66. The third-order valence-corrected chi connectivity index (χ3v) is 10.1. The molecule has 2 unspecified atom stereocenters. The van der Waals surface area contributed by atoms with Gasteiger partial charge in [0.05, 0.1) is 16.6 Å². The van der Waals surface area contributed by atoms with Gasteiger partial charge in [0.15, 0.2) is 0 Å². The van der Waals surface area contributed by atoms with E-state index >= 15 is 0 Å². The standard InChI is InChI=1S/C37H26N2S/c1-23-19-21-25(22-20-23)39-29-16-8-5-13-26(29)32-33-28-15-7-10-18-31(28)40-37(33)34-27-14-6-9-17-30(27)38(36(34)35(32)39)24-11-3-2-4-12-24/h2-22,34,37H,1H3. The molecule has 1 aromatic heterocycles. The highest BCUT2D eigenvalue weighted by atomic mass is 32.2. The zero-order chi connectivity index (χ0) is 26.4. The van der Waals surface area contributed by atoms with Crippen LogP contribution in [0.1, 0.15) is 22.6 Å². The van der Waals surface area contributed by atoms with Crippen LogP contribution in [0.2, 0.25) is 0 Å². The van der Waals surface area contributed by atoms with E-state index in [0.717, 1.165) is 0 Å². The Labute approximate surface area is 237 Å². The molecule has 6 aromatic rings. The minimum absolute atomic E-state index is 0.241. The summed E-state index contributed by atoms with van der Waals surface area (Å²) in [6.45, 7) is 2.16. The maximum absolute atomic E-state index is 2.54. The molecule has 0 bridgehead atoms. The number of aromatic nitrogens is 1. The first kappa shape index (κ1) is 22.4. The Kier molecular flexibility index (Phi) is 4.62. The summed E-state index contributed by atoms with van der Waals surface area (Å²) < 4.78 is 2.53. The van der Waals surface area contributed by atoms with E-state index in [1.165, 1.54) is 71.4 Å². The van der Waals surface area contributed by atoms with Crippen LogP contribution in [0.4, 0.5) is 11.4 Å². The molecule has 0 saturated heterocycles. The number of fused-ring (bicyclic) bond motifs is 10. The Morgan fingerprint density at radius 2 is 1.38 bits per heavy atom. The molecule has 2 atom stereocenters. The summed E-state index contributed by atoms with van der Waals surface area (Å²) in [7, 11) is 0. The van der Waals surface area contributed by atoms with Gasteiger partial charge in [-0.2, -0.15) is 0 Å². The third kappa shape index (κ3) is 2.90. The summed E-state index contributed by atoms with van der Waals surface area (Å²) in [5.74, 6) is 0.241. The molecule has 3 heterocycles. The van der Waals surface area contributed by atoms with Gasteiger partial charge in [0.25, 0.3) is 0 Å². The lowest BCUT2D eigenvalue weighted by Gasteiger charge is -2.30. The van der Waals surface area contributed by atoms with Crippen molar-refractivity contribution in [3.05, 3.63) is 155 Å². The Morgan fingerprint density at radius 3 is 2.25 bits per heavy atom.